The van der Waals surface area contributed by atoms with E-state index in [1.54, 1.807) is 24.4 Å². The van der Waals surface area contributed by atoms with Gasteiger partial charge in [0, 0.05) is 36.2 Å². The van der Waals surface area contributed by atoms with Crippen molar-refractivity contribution in [3.63, 3.8) is 0 Å². The van der Waals surface area contributed by atoms with Gasteiger partial charge < -0.3 is 15.5 Å². The van der Waals surface area contributed by atoms with Crippen LogP contribution in [0.4, 0.5) is 30.6 Å². The van der Waals surface area contributed by atoms with E-state index in [1.807, 2.05) is 4.90 Å². The zero-order valence-electron chi connectivity index (χ0n) is 15.1. The van der Waals surface area contributed by atoms with Crippen molar-refractivity contribution in [3.8, 4) is 0 Å². The van der Waals surface area contributed by atoms with Crippen LogP contribution in [-0.2, 0) is 6.18 Å². The number of alkyl halides is 3. The molecule has 5 rings (SSSR count). The topological polar surface area (TPSA) is 81.8 Å². The summed E-state index contributed by atoms with van der Waals surface area (Å²) in [5.41, 5.74) is 0.245. The highest BCUT2D eigenvalue weighted by molar-refractivity contribution is 6.33. The molecule has 2 fully saturated rings. The third-order valence-electron chi connectivity index (χ3n) is 5.42. The molecule has 7 nitrogen and oxygen atoms in total. The zero-order chi connectivity index (χ0) is 20.2. The van der Waals surface area contributed by atoms with E-state index in [1.165, 1.54) is 0 Å². The molecule has 4 heterocycles. The van der Waals surface area contributed by atoms with Gasteiger partial charge in [-0.3, -0.25) is 5.10 Å². The molecular weight excluding hydrogens is 407 g/mol. The lowest BCUT2D eigenvalue weighted by Gasteiger charge is -2.35. The number of aromatic nitrogens is 4. The largest absolute Gasteiger partial charge is 0.435 e. The fraction of sp³-hybridized carbons (Fsp3) is 0.389. The molecule has 2 unspecified atom stereocenters. The Morgan fingerprint density at radius 3 is 2.62 bits per heavy atom. The molecule has 0 radical (unpaired) electrons. The molecule has 2 saturated heterocycles. The van der Waals surface area contributed by atoms with Gasteiger partial charge in [0.25, 0.3) is 0 Å². The number of hydrogen-bond acceptors (Lipinski definition) is 6. The highest BCUT2D eigenvalue weighted by atomic mass is 35.5. The molecule has 11 heteroatoms. The van der Waals surface area contributed by atoms with Gasteiger partial charge in [-0.25, -0.2) is 4.98 Å². The van der Waals surface area contributed by atoms with Gasteiger partial charge in [-0.1, -0.05) is 11.6 Å². The number of hydrogen-bond donors (Lipinski definition) is 3. The summed E-state index contributed by atoms with van der Waals surface area (Å²) in [6.45, 7) is 1.40. The molecule has 0 aliphatic carbocycles. The quantitative estimate of drug-likeness (QED) is 0.596. The minimum absolute atomic E-state index is 0.0580. The maximum absolute atomic E-state index is 13.6. The van der Waals surface area contributed by atoms with E-state index in [2.05, 4.69) is 30.8 Å². The number of fused-ring (bicyclic) bond motifs is 3. The van der Waals surface area contributed by atoms with E-state index in [9.17, 15) is 13.2 Å². The SMILES string of the molecule is FC(F)(F)c1nc(N2C3CCC2CNC3)nc(Nc2ccc3[nH]ncc3c2)c1Cl. The summed E-state index contributed by atoms with van der Waals surface area (Å²) < 4.78 is 40.9. The number of benzene rings is 1. The van der Waals surface area contributed by atoms with Crippen molar-refractivity contribution in [2.45, 2.75) is 31.1 Å². The van der Waals surface area contributed by atoms with Crippen LogP contribution < -0.4 is 15.5 Å². The first kappa shape index (κ1) is 18.4. The molecule has 0 saturated carbocycles. The number of rotatable bonds is 3. The fourth-order valence-corrected chi connectivity index (χ4v) is 4.32. The molecule has 0 spiro atoms. The van der Waals surface area contributed by atoms with Crippen molar-refractivity contribution >= 4 is 40.0 Å². The molecule has 2 atom stereocenters. The van der Waals surface area contributed by atoms with Gasteiger partial charge in [0.05, 0.1) is 11.7 Å². The highest BCUT2D eigenvalue weighted by Gasteiger charge is 2.42. The van der Waals surface area contributed by atoms with Crippen LogP contribution >= 0.6 is 11.6 Å². The third kappa shape index (κ3) is 3.25. The summed E-state index contributed by atoms with van der Waals surface area (Å²) in [4.78, 5) is 10.1. The van der Waals surface area contributed by atoms with E-state index in [0.29, 0.717) is 18.8 Å². The molecule has 3 aromatic rings. The predicted octanol–water partition coefficient (Wildman–Crippen LogP) is 3.71. The van der Waals surface area contributed by atoms with Crippen LogP contribution in [0.1, 0.15) is 18.5 Å². The Morgan fingerprint density at radius 2 is 1.90 bits per heavy atom. The Morgan fingerprint density at radius 1 is 1.14 bits per heavy atom. The highest BCUT2D eigenvalue weighted by Crippen LogP contribution is 2.40. The van der Waals surface area contributed by atoms with Gasteiger partial charge in [-0.2, -0.15) is 23.3 Å². The van der Waals surface area contributed by atoms with E-state index in [-0.39, 0.29) is 23.8 Å². The van der Waals surface area contributed by atoms with Gasteiger partial charge in [0.2, 0.25) is 5.95 Å². The number of aromatic amines is 1. The lowest BCUT2D eigenvalue weighted by atomic mass is 10.2. The summed E-state index contributed by atoms with van der Waals surface area (Å²) >= 11 is 6.08. The first-order valence-electron chi connectivity index (χ1n) is 9.24. The molecular formula is C18H17ClF3N7. The Hall–Kier alpha value is -2.59. The van der Waals surface area contributed by atoms with Crippen LogP contribution in [0.25, 0.3) is 10.9 Å². The molecule has 3 N–H and O–H groups in total. The Bertz CT molecular complexity index is 1050. The van der Waals surface area contributed by atoms with Crippen molar-refractivity contribution in [2.75, 3.05) is 23.3 Å². The van der Waals surface area contributed by atoms with Crippen molar-refractivity contribution in [1.82, 2.24) is 25.5 Å². The molecule has 1 aromatic carbocycles. The number of nitrogens with one attached hydrogen (secondary N) is 3. The molecule has 2 bridgehead atoms. The lowest BCUT2D eigenvalue weighted by Crippen LogP contribution is -2.52. The van der Waals surface area contributed by atoms with Gasteiger partial charge in [-0.15, -0.1) is 0 Å². The average Bonchev–Trinajstić information content (AvgIpc) is 3.23. The first-order valence-corrected chi connectivity index (χ1v) is 9.62. The standard InChI is InChI=1S/C18H17ClF3N7/c19-14-15(18(20,21)22)26-17(29-11-2-3-12(29)8-23-7-11)27-16(14)25-10-1-4-13-9(5-10)6-24-28-13/h1,4-6,11-12,23H,2-3,7-8H2,(H,24,28)(H,25,26,27). The van der Waals surface area contributed by atoms with Gasteiger partial charge in [0.15, 0.2) is 11.5 Å². The second-order valence-electron chi connectivity index (χ2n) is 7.28. The van der Waals surface area contributed by atoms with E-state index >= 15 is 0 Å². The Labute approximate surface area is 168 Å². The van der Waals surface area contributed by atoms with E-state index in [0.717, 1.165) is 23.7 Å². The number of halogens is 4. The molecule has 152 valence electrons. The van der Waals surface area contributed by atoms with Crippen LogP contribution in [0.5, 0.6) is 0 Å². The Kier molecular flexibility index (Phi) is 4.28. The van der Waals surface area contributed by atoms with Crippen molar-refractivity contribution in [2.24, 2.45) is 0 Å². The smallest absolute Gasteiger partial charge is 0.339 e. The van der Waals surface area contributed by atoms with Crippen molar-refractivity contribution < 1.29 is 13.2 Å². The van der Waals surface area contributed by atoms with Gasteiger partial charge >= 0.3 is 6.18 Å². The third-order valence-corrected chi connectivity index (χ3v) is 5.78. The summed E-state index contributed by atoms with van der Waals surface area (Å²) in [5, 5.41) is 13.3. The summed E-state index contributed by atoms with van der Waals surface area (Å²) in [6.07, 6.45) is -1.27. The van der Waals surface area contributed by atoms with Crippen LogP contribution in [-0.4, -0.2) is 45.3 Å². The summed E-state index contributed by atoms with van der Waals surface area (Å²) in [7, 11) is 0. The predicted molar refractivity (Wildman–Crippen MR) is 104 cm³/mol. The van der Waals surface area contributed by atoms with Crippen LogP contribution in [0, 0.1) is 0 Å². The number of nitrogens with zero attached hydrogens (tertiary/aromatic N) is 4. The first-order chi connectivity index (χ1) is 13.9. The van der Waals surface area contributed by atoms with Gasteiger partial charge in [0.1, 0.15) is 5.02 Å². The Balaban J connectivity index is 1.58. The second kappa shape index (κ2) is 6.74. The van der Waals surface area contributed by atoms with Crippen molar-refractivity contribution in [3.05, 3.63) is 35.1 Å². The maximum atomic E-state index is 13.6. The summed E-state index contributed by atoms with van der Waals surface area (Å²) in [5.74, 6) is -0.00705. The van der Waals surface area contributed by atoms with Gasteiger partial charge in [-0.05, 0) is 31.0 Å². The molecule has 29 heavy (non-hydrogen) atoms. The zero-order valence-corrected chi connectivity index (χ0v) is 15.8. The molecule has 2 aliphatic rings. The number of anilines is 3. The van der Waals surface area contributed by atoms with Crippen LogP contribution in [0.15, 0.2) is 24.4 Å². The monoisotopic (exact) mass is 423 g/mol. The molecule has 0 amide bonds. The number of piperazine rings is 1. The normalized spacial score (nSPS) is 21.7. The maximum Gasteiger partial charge on any atom is 0.435 e. The molecule has 2 aromatic heterocycles. The molecule has 2 aliphatic heterocycles. The fourth-order valence-electron chi connectivity index (χ4n) is 4.08. The summed E-state index contributed by atoms with van der Waals surface area (Å²) in [6, 6.07) is 5.42. The van der Waals surface area contributed by atoms with E-state index in [4.69, 9.17) is 11.6 Å². The minimum atomic E-state index is -4.69. The minimum Gasteiger partial charge on any atom is -0.339 e. The second-order valence-corrected chi connectivity index (χ2v) is 7.66. The number of H-pyrrole nitrogens is 1. The van der Waals surface area contributed by atoms with E-state index < -0.39 is 16.9 Å². The van der Waals surface area contributed by atoms with Crippen LogP contribution in [0.3, 0.4) is 0 Å². The van der Waals surface area contributed by atoms with Crippen LogP contribution in [0.2, 0.25) is 5.02 Å². The van der Waals surface area contributed by atoms with Crippen molar-refractivity contribution in [1.29, 1.82) is 0 Å². The average molecular weight is 424 g/mol. The lowest BCUT2D eigenvalue weighted by molar-refractivity contribution is -0.141.